The second-order valence-electron chi connectivity index (χ2n) is 6.44. The number of carbonyl (C=O) groups excluding carboxylic acids is 2. The smallest absolute Gasteiger partial charge is 0.229 e. The van der Waals surface area contributed by atoms with Crippen LogP contribution in [-0.2, 0) is 9.59 Å². The molecule has 0 bridgehead atoms. The summed E-state index contributed by atoms with van der Waals surface area (Å²) >= 11 is 1.61. The van der Waals surface area contributed by atoms with E-state index in [-0.39, 0.29) is 18.2 Å². The molecule has 0 saturated carbocycles. The predicted molar refractivity (Wildman–Crippen MR) is 105 cm³/mol. The molecule has 1 fully saturated rings. The minimum atomic E-state index is -0.461. The van der Waals surface area contributed by atoms with Gasteiger partial charge < -0.3 is 10.2 Å². The average molecular weight is 376 g/mol. The third kappa shape index (κ3) is 3.27. The number of benzene rings is 2. The van der Waals surface area contributed by atoms with Crippen LogP contribution in [0.2, 0.25) is 0 Å². The van der Waals surface area contributed by atoms with Crippen LogP contribution in [0.4, 0.5) is 11.4 Å². The molecule has 0 spiro atoms. The Hall–Kier alpha value is -3.24. The lowest BCUT2D eigenvalue weighted by molar-refractivity contribution is -0.122. The van der Waals surface area contributed by atoms with E-state index in [1.807, 2.05) is 25.1 Å². The quantitative estimate of drug-likeness (QED) is 0.758. The molecule has 1 aliphatic rings. The lowest BCUT2D eigenvalue weighted by atomic mass is 10.1. The van der Waals surface area contributed by atoms with Crippen molar-refractivity contribution in [3.63, 3.8) is 0 Å². The normalized spacial score (nSPS) is 16.5. The minimum absolute atomic E-state index is 0.0879. The van der Waals surface area contributed by atoms with E-state index in [9.17, 15) is 9.59 Å². The standard InChI is InChI=1S/C20H16N4O2S/c1-12-22-17-9-15(6-7-18(17)27-12)24-11-14(8-19(24)25)20(26)23-16-5-3-2-4-13(16)10-21/h2-7,9,14H,8,11H2,1H3,(H,23,26). The van der Waals surface area contributed by atoms with Crippen LogP contribution in [0.5, 0.6) is 0 Å². The van der Waals surface area contributed by atoms with Crippen LogP contribution in [0.1, 0.15) is 17.0 Å². The first-order valence-corrected chi connectivity index (χ1v) is 9.34. The van der Waals surface area contributed by atoms with Gasteiger partial charge in [-0.05, 0) is 37.3 Å². The van der Waals surface area contributed by atoms with Crippen molar-refractivity contribution in [2.75, 3.05) is 16.8 Å². The molecule has 2 heterocycles. The first kappa shape index (κ1) is 17.2. The van der Waals surface area contributed by atoms with Crippen LogP contribution in [0, 0.1) is 24.2 Å². The number of para-hydroxylation sites is 1. The summed E-state index contributed by atoms with van der Waals surface area (Å²) in [7, 11) is 0. The van der Waals surface area contributed by atoms with Gasteiger partial charge in [-0.15, -0.1) is 11.3 Å². The van der Waals surface area contributed by atoms with Crippen LogP contribution < -0.4 is 10.2 Å². The molecule has 1 N–H and O–H groups in total. The molecule has 1 saturated heterocycles. The molecule has 1 aliphatic heterocycles. The predicted octanol–water partition coefficient (Wildman–Crippen LogP) is 3.47. The molecule has 2 amide bonds. The van der Waals surface area contributed by atoms with E-state index >= 15 is 0 Å². The highest BCUT2D eigenvalue weighted by molar-refractivity contribution is 7.18. The van der Waals surface area contributed by atoms with Crippen molar-refractivity contribution in [1.82, 2.24) is 4.98 Å². The Balaban J connectivity index is 1.52. The molecule has 0 aliphatic carbocycles. The summed E-state index contributed by atoms with van der Waals surface area (Å²) in [5.41, 5.74) is 2.48. The average Bonchev–Trinajstić information content (AvgIpc) is 3.23. The third-order valence-corrected chi connectivity index (χ3v) is 5.54. The molecule has 3 aromatic rings. The summed E-state index contributed by atoms with van der Waals surface area (Å²) < 4.78 is 1.07. The van der Waals surface area contributed by atoms with Gasteiger partial charge in [-0.3, -0.25) is 9.59 Å². The lowest BCUT2D eigenvalue weighted by Crippen LogP contribution is -2.28. The van der Waals surface area contributed by atoms with Crippen molar-refractivity contribution < 1.29 is 9.59 Å². The Labute approximate surface area is 160 Å². The zero-order chi connectivity index (χ0) is 19.0. The van der Waals surface area contributed by atoms with Crippen molar-refractivity contribution in [1.29, 1.82) is 5.26 Å². The Kier molecular flexibility index (Phi) is 4.34. The number of rotatable bonds is 3. The van der Waals surface area contributed by atoms with E-state index in [2.05, 4.69) is 16.4 Å². The fourth-order valence-corrected chi connectivity index (χ4v) is 4.06. The lowest BCUT2D eigenvalue weighted by Gasteiger charge is -2.17. The number of aromatic nitrogens is 1. The van der Waals surface area contributed by atoms with Gasteiger partial charge in [0.2, 0.25) is 11.8 Å². The highest BCUT2D eigenvalue weighted by Gasteiger charge is 2.35. The van der Waals surface area contributed by atoms with E-state index < -0.39 is 5.92 Å². The monoisotopic (exact) mass is 376 g/mol. The zero-order valence-electron chi connectivity index (χ0n) is 14.6. The highest BCUT2D eigenvalue weighted by atomic mass is 32.1. The van der Waals surface area contributed by atoms with Gasteiger partial charge in [0.15, 0.2) is 0 Å². The molecule has 0 radical (unpaired) electrons. The number of nitrogens with zero attached hydrogens (tertiary/aromatic N) is 3. The number of anilines is 2. The second kappa shape index (κ2) is 6.82. The van der Waals surface area contributed by atoms with Gasteiger partial charge >= 0.3 is 0 Å². The van der Waals surface area contributed by atoms with Crippen LogP contribution in [0.3, 0.4) is 0 Å². The van der Waals surface area contributed by atoms with E-state index in [0.717, 1.165) is 20.9 Å². The first-order chi connectivity index (χ1) is 13.0. The van der Waals surface area contributed by atoms with Crippen molar-refractivity contribution in [3.05, 3.63) is 53.0 Å². The van der Waals surface area contributed by atoms with Gasteiger partial charge in [-0.2, -0.15) is 5.26 Å². The number of nitrogens with one attached hydrogen (secondary N) is 1. The first-order valence-electron chi connectivity index (χ1n) is 8.52. The molecule has 2 aromatic carbocycles. The summed E-state index contributed by atoms with van der Waals surface area (Å²) in [6.45, 7) is 2.26. The zero-order valence-corrected chi connectivity index (χ0v) is 15.4. The van der Waals surface area contributed by atoms with E-state index in [4.69, 9.17) is 5.26 Å². The number of fused-ring (bicyclic) bond motifs is 1. The third-order valence-electron chi connectivity index (χ3n) is 4.59. The Morgan fingerprint density at radius 1 is 1.33 bits per heavy atom. The maximum absolute atomic E-state index is 12.6. The number of hydrogen-bond donors (Lipinski definition) is 1. The summed E-state index contributed by atoms with van der Waals surface area (Å²) in [4.78, 5) is 31.2. The molecule has 134 valence electrons. The van der Waals surface area contributed by atoms with E-state index in [0.29, 0.717) is 17.8 Å². The highest BCUT2D eigenvalue weighted by Crippen LogP contribution is 2.30. The van der Waals surface area contributed by atoms with Gasteiger partial charge in [-0.1, -0.05) is 12.1 Å². The number of hydrogen-bond acceptors (Lipinski definition) is 5. The van der Waals surface area contributed by atoms with Gasteiger partial charge in [0, 0.05) is 18.7 Å². The molecule has 27 heavy (non-hydrogen) atoms. The van der Waals surface area contributed by atoms with Crippen molar-refractivity contribution >= 4 is 44.7 Å². The molecule has 1 aromatic heterocycles. The Bertz CT molecular complexity index is 1100. The van der Waals surface area contributed by atoms with E-state index in [1.54, 1.807) is 40.5 Å². The number of amides is 2. The maximum Gasteiger partial charge on any atom is 0.229 e. The van der Waals surface area contributed by atoms with Crippen LogP contribution in [-0.4, -0.2) is 23.3 Å². The Morgan fingerprint density at radius 2 is 2.15 bits per heavy atom. The number of thiazole rings is 1. The molecular weight excluding hydrogens is 360 g/mol. The molecule has 1 unspecified atom stereocenters. The van der Waals surface area contributed by atoms with Crippen LogP contribution in [0.25, 0.3) is 10.2 Å². The minimum Gasteiger partial charge on any atom is -0.325 e. The van der Waals surface area contributed by atoms with Gasteiger partial charge in [-0.25, -0.2) is 4.98 Å². The topological polar surface area (TPSA) is 86.1 Å². The van der Waals surface area contributed by atoms with Crippen LogP contribution >= 0.6 is 11.3 Å². The van der Waals surface area contributed by atoms with E-state index in [1.165, 1.54) is 0 Å². The SMILES string of the molecule is Cc1nc2cc(N3CC(C(=O)Nc4ccccc4C#N)CC3=O)ccc2s1. The van der Waals surface area contributed by atoms with Gasteiger partial charge in [0.1, 0.15) is 6.07 Å². The molecule has 6 nitrogen and oxygen atoms in total. The second-order valence-corrected chi connectivity index (χ2v) is 7.67. The van der Waals surface area contributed by atoms with Crippen molar-refractivity contribution in [3.8, 4) is 6.07 Å². The largest absolute Gasteiger partial charge is 0.325 e. The number of carbonyl (C=O) groups is 2. The number of nitriles is 1. The molecule has 4 rings (SSSR count). The summed E-state index contributed by atoms with van der Waals surface area (Å²) in [6.07, 6.45) is 0.148. The summed E-state index contributed by atoms with van der Waals surface area (Å²) in [6, 6.07) is 14.6. The van der Waals surface area contributed by atoms with Crippen molar-refractivity contribution in [2.24, 2.45) is 5.92 Å². The Morgan fingerprint density at radius 3 is 2.96 bits per heavy atom. The van der Waals surface area contributed by atoms with Gasteiger partial charge in [0.25, 0.3) is 0 Å². The summed E-state index contributed by atoms with van der Waals surface area (Å²) in [5.74, 6) is -0.800. The van der Waals surface area contributed by atoms with Crippen LogP contribution in [0.15, 0.2) is 42.5 Å². The number of aryl methyl sites for hydroxylation is 1. The van der Waals surface area contributed by atoms with Gasteiger partial charge in [0.05, 0.1) is 32.4 Å². The molecular formula is C20H16N4O2S. The fraction of sp³-hybridized carbons (Fsp3) is 0.200. The summed E-state index contributed by atoms with van der Waals surface area (Å²) in [5, 5.41) is 12.9. The molecule has 1 atom stereocenters. The van der Waals surface area contributed by atoms with Crippen molar-refractivity contribution in [2.45, 2.75) is 13.3 Å². The fourth-order valence-electron chi connectivity index (χ4n) is 3.26. The maximum atomic E-state index is 12.6. The molecule has 7 heteroatoms.